The highest BCUT2D eigenvalue weighted by Gasteiger charge is 2.42. The van der Waals surface area contributed by atoms with Crippen LogP contribution in [0.3, 0.4) is 0 Å². The summed E-state index contributed by atoms with van der Waals surface area (Å²) >= 11 is 0. The monoisotopic (exact) mass is 323 g/mol. The predicted octanol–water partition coefficient (Wildman–Crippen LogP) is 2.50. The Balaban J connectivity index is 1.44. The van der Waals surface area contributed by atoms with Crippen LogP contribution in [0.1, 0.15) is 34.6 Å². The van der Waals surface area contributed by atoms with Crippen molar-refractivity contribution in [1.82, 2.24) is 15.2 Å². The molecule has 0 bridgehead atoms. The van der Waals surface area contributed by atoms with E-state index in [0.717, 1.165) is 43.9 Å². The Hall–Kier alpha value is -2.40. The van der Waals surface area contributed by atoms with Gasteiger partial charge in [-0.05, 0) is 31.2 Å². The number of hydrogen-bond donors (Lipinski definition) is 1. The molecular formula is C19H21N3O2. The van der Waals surface area contributed by atoms with Crippen LogP contribution < -0.4 is 10.1 Å². The minimum Gasteiger partial charge on any atom is -0.467 e. The molecule has 2 aliphatic rings. The van der Waals surface area contributed by atoms with Gasteiger partial charge in [-0.25, -0.2) is 0 Å². The van der Waals surface area contributed by atoms with Crippen LogP contribution in [0.25, 0.3) is 0 Å². The maximum Gasteiger partial charge on any atom is 0.258 e. The zero-order valence-corrected chi connectivity index (χ0v) is 13.8. The first-order chi connectivity index (χ1) is 11.6. The zero-order chi connectivity index (χ0) is 16.6. The van der Waals surface area contributed by atoms with Crippen molar-refractivity contribution in [1.29, 1.82) is 0 Å². The van der Waals surface area contributed by atoms with Crippen molar-refractivity contribution in [3.05, 3.63) is 59.4 Å². The number of pyridine rings is 1. The molecule has 2 aromatic rings. The van der Waals surface area contributed by atoms with Crippen LogP contribution in [0, 0.1) is 6.92 Å². The lowest BCUT2D eigenvalue weighted by Gasteiger charge is -2.44. The van der Waals surface area contributed by atoms with Gasteiger partial charge in [-0.15, -0.1) is 0 Å². The van der Waals surface area contributed by atoms with E-state index in [0.29, 0.717) is 11.3 Å². The number of carbonyl (C=O) groups excluding carboxylic acids is 1. The van der Waals surface area contributed by atoms with E-state index in [2.05, 4.69) is 21.3 Å². The molecule has 5 heteroatoms. The number of amides is 1. The first kappa shape index (κ1) is 15.1. The molecule has 1 N–H and O–H groups in total. The quantitative estimate of drug-likeness (QED) is 0.923. The number of piperidine rings is 1. The largest absolute Gasteiger partial charge is 0.467 e. The number of ether oxygens (including phenoxy) is 1. The number of para-hydroxylation sites is 1. The van der Waals surface area contributed by atoms with Gasteiger partial charge >= 0.3 is 0 Å². The fourth-order valence-electron chi connectivity index (χ4n) is 3.47. The second-order valence-electron chi connectivity index (χ2n) is 6.59. The highest BCUT2D eigenvalue weighted by molar-refractivity contribution is 5.98. The van der Waals surface area contributed by atoms with Gasteiger partial charge in [0.15, 0.2) is 5.72 Å². The van der Waals surface area contributed by atoms with Crippen LogP contribution in [0.4, 0.5) is 0 Å². The van der Waals surface area contributed by atoms with E-state index in [1.54, 1.807) is 6.07 Å². The van der Waals surface area contributed by atoms with Crippen LogP contribution in [0.5, 0.6) is 5.75 Å². The topological polar surface area (TPSA) is 54.5 Å². The van der Waals surface area contributed by atoms with Crippen LogP contribution in [0.2, 0.25) is 0 Å². The Kier molecular flexibility index (Phi) is 3.73. The molecule has 1 saturated heterocycles. The average Bonchev–Trinajstić information content (AvgIpc) is 2.57. The number of hydrogen-bond acceptors (Lipinski definition) is 4. The molecule has 0 saturated carbocycles. The summed E-state index contributed by atoms with van der Waals surface area (Å²) in [6.07, 6.45) is 1.55. The van der Waals surface area contributed by atoms with Crippen molar-refractivity contribution in [2.45, 2.75) is 32.0 Å². The number of rotatable bonds is 2. The minimum atomic E-state index is -0.567. The van der Waals surface area contributed by atoms with Gasteiger partial charge in [0.05, 0.1) is 11.3 Å². The van der Waals surface area contributed by atoms with Crippen molar-refractivity contribution < 1.29 is 9.53 Å². The van der Waals surface area contributed by atoms with Crippen molar-refractivity contribution in [3.63, 3.8) is 0 Å². The summed E-state index contributed by atoms with van der Waals surface area (Å²) in [5.41, 5.74) is 2.18. The Morgan fingerprint density at radius 1 is 1.17 bits per heavy atom. The number of likely N-dealkylation sites (tertiary alicyclic amines) is 1. The Labute approximate surface area is 141 Å². The summed E-state index contributed by atoms with van der Waals surface area (Å²) < 4.78 is 6.17. The molecule has 5 nitrogen and oxygen atoms in total. The Morgan fingerprint density at radius 2 is 1.96 bits per heavy atom. The summed E-state index contributed by atoms with van der Waals surface area (Å²) in [5.74, 6) is 0.653. The maximum absolute atomic E-state index is 12.4. The molecule has 2 aliphatic heterocycles. The SMILES string of the molecule is Cc1cccc(CN2CCC3(CC2)NC(=O)c2ccccc2O3)n1. The third-order valence-corrected chi connectivity index (χ3v) is 4.77. The molecule has 1 amide bonds. The third-order valence-electron chi connectivity index (χ3n) is 4.77. The van der Waals surface area contributed by atoms with Gasteiger partial charge < -0.3 is 10.1 Å². The third kappa shape index (κ3) is 2.87. The molecule has 1 fully saturated rings. The maximum atomic E-state index is 12.4. The molecule has 0 unspecified atom stereocenters. The molecule has 1 spiro atoms. The molecule has 1 aromatic heterocycles. The molecule has 3 heterocycles. The van der Waals surface area contributed by atoms with E-state index in [-0.39, 0.29) is 5.91 Å². The number of aryl methyl sites for hydroxylation is 1. The molecule has 0 radical (unpaired) electrons. The molecule has 0 aliphatic carbocycles. The molecule has 1 aromatic carbocycles. The number of aromatic nitrogens is 1. The van der Waals surface area contributed by atoms with Gasteiger partial charge in [-0.3, -0.25) is 14.7 Å². The lowest BCUT2D eigenvalue weighted by molar-refractivity contribution is -0.0306. The van der Waals surface area contributed by atoms with Crippen LogP contribution in [0.15, 0.2) is 42.5 Å². The summed E-state index contributed by atoms with van der Waals surface area (Å²) in [7, 11) is 0. The smallest absolute Gasteiger partial charge is 0.258 e. The molecule has 0 atom stereocenters. The van der Waals surface area contributed by atoms with Gasteiger partial charge in [0, 0.05) is 38.2 Å². The summed E-state index contributed by atoms with van der Waals surface area (Å²) in [4.78, 5) is 19.3. The average molecular weight is 323 g/mol. The number of carbonyl (C=O) groups is 1. The molecule has 4 rings (SSSR count). The van der Waals surface area contributed by atoms with Crippen molar-refractivity contribution in [3.8, 4) is 5.75 Å². The number of fused-ring (bicyclic) bond motifs is 1. The highest BCUT2D eigenvalue weighted by atomic mass is 16.5. The summed E-state index contributed by atoms with van der Waals surface area (Å²) in [6, 6.07) is 13.6. The van der Waals surface area contributed by atoms with Gasteiger partial charge in [-0.1, -0.05) is 18.2 Å². The molecule has 24 heavy (non-hydrogen) atoms. The summed E-state index contributed by atoms with van der Waals surface area (Å²) in [6.45, 7) is 4.59. The Morgan fingerprint density at radius 3 is 2.75 bits per heavy atom. The number of nitrogens with zero attached hydrogens (tertiary/aromatic N) is 2. The van der Waals surface area contributed by atoms with E-state index >= 15 is 0 Å². The number of nitrogens with one attached hydrogen (secondary N) is 1. The first-order valence-electron chi connectivity index (χ1n) is 8.39. The van der Waals surface area contributed by atoms with E-state index in [9.17, 15) is 4.79 Å². The first-order valence-corrected chi connectivity index (χ1v) is 8.39. The standard InChI is InChI=1S/C19H21N3O2/c1-14-5-4-6-15(20-14)13-22-11-9-19(10-12-22)21-18(23)16-7-2-3-8-17(16)24-19/h2-8H,9-13H2,1H3,(H,21,23). The van der Waals surface area contributed by atoms with Gasteiger partial charge in [-0.2, -0.15) is 0 Å². The van der Waals surface area contributed by atoms with Gasteiger partial charge in [0.25, 0.3) is 5.91 Å². The number of benzene rings is 1. The van der Waals surface area contributed by atoms with Gasteiger partial charge in [0.2, 0.25) is 0 Å². The fourth-order valence-corrected chi connectivity index (χ4v) is 3.47. The second kappa shape index (κ2) is 5.91. The predicted molar refractivity (Wildman–Crippen MR) is 90.8 cm³/mol. The van der Waals surface area contributed by atoms with E-state index < -0.39 is 5.72 Å². The van der Waals surface area contributed by atoms with Crippen molar-refractivity contribution >= 4 is 5.91 Å². The van der Waals surface area contributed by atoms with Gasteiger partial charge in [0.1, 0.15) is 5.75 Å². The normalized spacial score (nSPS) is 19.5. The highest BCUT2D eigenvalue weighted by Crippen LogP contribution is 2.33. The second-order valence-corrected chi connectivity index (χ2v) is 6.59. The van der Waals surface area contributed by atoms with E-state index in [4.69, 9.17) is 4.74 Å². The van der Waals surface area contributed by atoms with Crippen LogP contribution >= 0.6 is 0 Å². The minimum absolute atomic E-state index is 0.0364. The fraction of sp³-hybridized carbons (Fsp3) is 0.368. The molecule has 124 valence electrons. The van der Waals surface area contributed by atoms with Crippen molar-refractivity contribution in [2.75, 3.05) is 13.1 Å². The lowest BCUT2D eigenvalue weighted by atomic mass is 9.97. The Bertz CT molecular complexity index is 767. The zero-order valence-electron chi connectivity index (χ0n) is 13.8. The van der Waals surface area contributed by atoms with E-state index in [1.165, 1.54) is 0 Å². The summed E-state index contributed by atoms with van der Waals surface area (Å²) in [5, 5.41) is 3.08. The molecular weight excluding hydrogens is 302 g/mol. The van der Waals surface area contributed by atoms with Crippen molar-refractivity contribution in [2.24, 2.45) is 0 Å². The van der Waals surface area contributed by atoms with Crippen LogP contribution in [-0.2, 0) is 6.54 Å². The lowest BCUT2D eigenvalue weighted by Crippen LogP contribution is -2.60. The van der Waals surface area contributed by atoms with E-state index in [1.807, 2.05) is 37.3 Å². The van der Waals surface area contributed by atoms with Crippen LogP contribution in [-0.4, -0.2) is 34.6 Å².